The highest BCUT2D eigenvalue weighted by molar-refractivity contribution is 6.32. The van der Waals surface area contributed by atoms with Gasteiger partial charge in [0.15, 0.2) is 0 Å². The summed E-state index contributed by atoms with van der Waals surface area (Å²) in [6.07, 6.45) is 0. The largest absolute Gasteiger partial charge is 0.423 e. The Labute approximate surface area is 150 Å². The van der Waals surface area contributed by atoms with Crippen molar-refractivity contribution < 1.29 is 4.42 Å². The first-order valence-corrected chi connectivity index (χ1v) is 8.34. The van der Waals surface area contributed by atoms with Gasteiger partial charge in [0, 0.05) is 34.6 Å². The van der Waals surface area contributed by atoms with E-state index in [1.165, 1.54) is 6.07 Å². The highest BCUT2D eigenvalue weighted by Crippen LogP contribution is 2.26. The summed E-state index contributed by atoms with van der Waals surface area (Å²) >= 11 is 12.2. The molecule has 0 aliphatic carbocycles. The molecular formula is C19H17Cl2NO2. The van der Waals surface area contributed by atoms with Crippen molar-refractivity contribution in [1.29, 1.82) is 0 Å². The molecule has 3 nitrogen and oxygen atoms in total. The second kappa shape index (κ2) is 6.98. The van der Waals surface area contributed by atoms with Gasteiger partial charge < -0.3 is 4.42 Å². The van der Waals surface area contributed by atoms with Gasteiger partial charge in [-0.25, -0.2) is 4.79 Å². The summed E-state index contributed by atoms with van der Waals surface area (Å²) in [4.78, 5) is 14.0. The molecule has 5 heteroatoms. The molecule has 3 aromatic rings. The minimum Gasteiger partial charge on any atom is -0.423 e. The van der Waals surface area contributed by atoms with Gasteiger partial charge in [0.2, 0.25) is 0 Å². The fourth-order valence-electron chi connectivity index (χ4n) is 2.73. The Morgan fingerprint density at radius 2 is 1.75 bits per heavy atom. The third-order valence-corrected chi connectivity index (χ3v) is 4.57. The van der Waals surface area contributed by atoms with Crippen molar-refractivity contribution in [2.45, 2.75) is 20.0 Å². The lowest BCUT2D eigenvalue weighted by molar-refractivity contribution is 0.319. The number of benzene rings is 2. The van der Waals surface area contributed by atoms with E-state index in [0.29, 0.717) is 17.2 Å². The zero-order valence-corrected chi connectivity index (χ0v) is 15.0. The van der Waals surface area contributed by atoms with Gasteiger partial charge in [-0.15, -0.1) is 0 Å². The van der Waals surface area contributed by atoms with Gasteiger partial charge in [-0.1, -0.05) is 35.3 Å². The van der Waals surface area contributed by atoms with Crippen LogP contribution in [0.3, 0.4) is 0 Å². The number of rotatable bonds is 4. The maximum atomic E-state index is 11.8. The minimum atomic E-state index is -0.348. The van der Waals surface area contributed by atoms with E-state index in [1.54, 1.807) is 0 Å². The second-order valence-corrected chi connectivity index (χ2v) is 6.83. The van der Waals surface area contributed by atoms with E-state index < -0.39 is 0 Å². The molecule has 0 fully saturated rings. The number of nitrogens with zero attached hydrogens (tertiary/aromatic N) is 1. The van der Waals surface area contributed by atoms with Crippen molar-refractivity contribution in [1.82, 2.24) is 4.90 Å². The first-order valence-electron chi connectivity index (χ1n) is 7.58. The molecular weight excluding hydrogens is 345 g/mol. The molecule has 0 saturated heterocycles. The molecule has 0 bridgehead atoms. The number of fused-ring (bicyclic) bond motifs is 1. The van der Waals surface area contributed by atoms with E-state index in [4.69, 9.17) is 27.6 Å². The summed E-state index contributed by atoms with van der Waals surface area (Å²) in [6, 6.07) is 12.9. The minimum absolute atomic E-state index is 0.348. The van der Waals surface area contributed by atoms with E-state index in [9.17, 15) is 4.79 Å². The Morgan fingerprint density at radius 3 is 2.46 bits per heavy atom. The van der Waals surface area contributed by atoms with Gasteiger partial charge in [0.25, 0.3) is 0 Å². The van der Waals surface area contributed by atoms with Crippen LogP contribution in [0.15, 0.2) is 51.7 Å². The van der Waals surface area contributed by atoms with Crippen LogP contribution in [0.5, 0.6) is 0 Å². The molecule has 2 aromatic carbocycles. The highest BCUT2D eigenvalue weighted by atomic mass is 35.5. The maximum Gasteiger partial charge on any atom is 0.336 e. The molecule has 1 heterocycles. The average molecular weight is 362 g/mol. The molecule has 24 heavy (non-hydrogen) atoms. The first kappa shape index (κ1) is 17.0. The maximum absolute atomic E-state index is 11.8. The normalized spacial score (nSPS) is 11.4. The summed E-state index contributed by atoms with van der Waals surface area (Å²) in [5, 5.41) is 2.25. The van der Waals surface area contributed by atoms with Gasteiger partial charge in [-0.2, -0.15) is 0 Å². The summed E-state index contributed by atoms with van der Waals surface area (Å²) in [5.41, 5.74) is 3.17. The molecule has 0 aliphatic rings. The van der Waals surface area contributed by atoms with Crippen LogP contribution in [0.4, 0.5) is 0 Å². The Morgan fingerprint density at radius 1 is 1.04 bits per heavy atom. The second-order valence-electron chi connectivity index (χ2n) is 5.99. The average Bonchev–Trinajstić information content (AvgIpc) is 2.51. The van der Waals surface area contributed by atoms with E-state index >= 15 is 0 Å². The summed E-state index contributed by atoms with van der Waals surface area (Å²) in [7, 11) is 2.00. The zero-order valence-electron chi connectivity index (χ0n) is 13.5. The Hall–Kier alpha value is -1.81. The predicted molar refractivity (Wildman–Crippen MR) is 98.9 cm³/mol. The lowest BCUT2D eigenvalue weighted by Crippen LogP contribution is -2.18. The van der Waals surface area contributed by atoms with Crippen molar-refractivity contribution in [2.24, 2.45) is 0 Å². The number of halogens is 2. The van der Waals surface area contributed by atoms with Gasteiger partial charge >= 0.3 is 5.63 Å². The predicted octanol–water partition coefficient (Wildman–Crippen LogP) is 5.04. The molecule has 1 aromatic heterocycles. The summed E-state index contributed by atoms with van der Waals surface area (Å²) < 4.78 is 5.30. The van der Waals surface area contributed by atoms with Crippen LogP contribution in [0.2, 0.25) is 10.0 Å². The summed E-state index contributed by atoms with van der Waals surface area (Å²) in [6.45, 7) is 3.25. The van der Waals surface area contributed by atoms with Crippen LogP contribution in [0, 0.1) is 6.92 Å². The van der Waals surface area contributed by atoms with Crippen LogP contribution in [-0.2, 0) is 13.1 Å². The van der Waals surface area contributed by atoms with Crippen molar-refractivity contribution in [3.63, 3.8) is 0 Å². The molecule has 124 valence electrons. The first-order chi connectivity index (χ1) is 11.4. The Kier molecular flexibility index (Phi) is 4.95. The molecule has 0 N–H and O–H groups in total. The van der Waals surface area contributed by atoms with Gasteiger partial charge in [0.05, 0.1) is 0 Å². The Balaban J connectivity index is 1.90. The van der Waals surface area contributed by atoms with E-state index in [-0.39, 0.29) is 5.63 Å². The molecule has 3 rings (SSSR count). The van der Waals surface area contributed by atoms with E-state index in [1.807, 2.05) is 50.4 Å². The van der Waals surface area contributed by atoms with Crippen molar-refractivity contribution in [3.8, 4) is 0 Å². The monoisotopic (exact) mass is 361 g/mol. The SMILES string of the molecule is Cc1cc2oc(=O)cc(CN(C)Cc3ccc(Cl)cc3)c2cc1Cl. The number of aryl methyl sites for hydroxylation is 1. The van der Waals surface area contributed by atoms with Crippen molar-refractivity contribution in [3.05, 3.63) is 79.6 Å². The summed E-state index contributed by atoms with van der Waals surface area (Å²) in [5.74, 6) is 0. The number of hydrogen-bond acceptors (Lipinski definition) is 3. The fraction of sp³-hybridized carbons (Fsp3) is 0.211. The molecule has 0 amide bonds. The van der Waals surface area contributed by atoms with Crippen LogP contribution in [-0.4, -0.2) is 11.9 Å². The highest BCUT2D eigenvalue weighted by Gasteiger charge is 2.11. The van der Waals surface area contributed by atoms with Crippen LogP contribution < -0.4 is 5.63 Å². The molecule has 0 aliphatic heterocycles. The van der Waals surface area contributed by atoms with Gasteiger partial charge in [-0.05, 0) is 54.9 Å². The van der Waals surface area contributed by atoms with Crippen LogP contribution >= 0.6 is 23.2 Å². The quantitative estimate of drug-likeness (QED) is 0.610. The van der Waals surface area contributed by atoms with Crippen LogP contribution in [0.25, 0.3) is 11.0 Å². The van der Waals surface area contributed by atoms with Crippen molar-refractivity contribution in [2.75, 3.05) is 7.05 Å². The number of hydrogen-bond donors (Lipinski definition) is 0. The zero-order chi connectivity index (χ0) is 17.3. The lowest BCUT2D eigenvalue weighted by atomic mass is 10.1. The molecule has 0 unspecified atom stereocenters. The van der Waals surface area contributed by atoms with Crippen LogP contribution in [0.1, 0.15) is 16.7 Å². The molecule has 0 saturated carbocycles. The standard InChI is InChI=1S/C19H17Cl2NO2/c1-12-7-18-16(9-17(12)21)14(8-19(23)24-18)11-22(2)10-13-3-5-15(20)6-4-13/h3-9H,10-11H2,1-2H3. The smallest absolute Gasteiger partial charge is 0.336 e. The van der Waals surface area contributed by atoms with E-state index in [2.05, 4.69) is 4.90 Å². The lowest BCUT2D eigenvalue weighted by Gasteiger charge is -2.18. The molecule has 0 radical (unpaired) electrons. The van der Waals surface area contributed by atoms with Crippen molar-refractivity contribution >= 4 is 34.2 Å². The Bertz CT molecular complexity index is 932. The molecule has 0 atom stereocenters. The molecule has 0 spiro atoms. The van der Waals surface area contributed by atoms with Gasteiger partial charge in [-0.3, -0.25) is 4.90 Å². The topological polar surface area (TPSA) is 33.5 Å². The fourth-order valence-corrected chi connectivity index (χ4v) is 3.02. The van der Waals surface area contributed by atoms with E-state index in [0.717, 1.165) is 33.6 Å². The third-order valence-electron chi connectivity index (χ3n) is 3.92. The van der Waals surface area contributed by atoms with Gasteiger partial charge in [0.1, 0.15) is 5.58 Å². The third kappa shape index (κ3) is 3.81.